The minimum Gasteiger partial charge on any atom is -0.468 e. The Kier molecular flexibility index (Phi) is 7.82. The smallest absolute Gasteiger partial charge is 0.188 e. The van der Waals surface area contributed by atoms with Crippen LogP contribution in [0.15, 0.2) is 46.3 Å². The van der Waals surface area contributed by atoms with Gasteiger partial charge in [0, 0.05) is 66.0 Å². The number of likely N-dealkylation sites (N-methyl/N-ethyl adjacent to an activating group) is 1. The van der Waals surface area contributed by atoms with Gasteiger partial charge in [-0.2, -0.15) is 0 Å². The number of hydrogen-bond donors (Lipinski definition) is 2. The molecule has 0 bridgehead atoms. The summed E-state index contributed by atoms with van der Waals surface area (Å²) in [6.07, 6.45) is 3.71. The summed E-state index contributed by atoms with van der Waals surface area (Å²) in [6.45, 7) is 13.4. The molecule has 1 aromatic carbocycles. The standard InChI is InChI=1S/C25H32FN7OS/c1-16(2)22-14-28-25(35-22)31-23(27-4)13-24(33-8-6-32(5)7-9-33)29-15-34-21-11-18-10-17(3)30-20(18)12-19(21)26/h10-14,16,30H,4,6-9,15H2,1-3,5H3,(H,28,31)/b23-13+,29-24+. The maximum absolute atomic E-state index is 14.6. The zero-order valence-corrected chi connectivity index (χ0v) is 21.5. The van der Waals surface area contributed by atoms with Crippen molar-refractivity contribution in [3.63, 3.8) is 0 Å². The molecule has 1 fully saturated rings. The Morgan fingerprint density at radius 2 is 2.09 bits per heavy atom. The second-order valence-corrected chi connectivity index (χ2v) is 10.00. The predicted molar refractivity (Wildman–Crippen MR) is 142 cm³/mol. The lowest BCUT2D eigenvalue weighted by atomic mass is 10.2. The molecule has 0 saturated carbocycles. The van der Waals surface area contributed by atoms with Gasteiger partial charge in [0.15, 0.2) is 23.4 Å². The monoisotopic (exact) mass is 497 g/mol. The number of nitrogens with one attached hydrogen (secondary N) is 2. The maximum Gasteiger partial charge on any atom is 0.188 e. The molecule has 35 heavy (non-hydrogen) atoms. The largest absolute Gasteiger partial charge is 0.468 e. The number of amidine groups is 1. The van der Waals surface area contributed by atoms with Crippen LogP contribution < -0.4 is 10.1 Å². The second-order valence-electron chi connectivity index (χ2n) is 8.94. The van der Waals surface area contributed by atoms with Crippen LogP contribution in [-0.2, 0) is 0 Å². The maximum atomic E-state index is 14.6. The molecule has 2 N–H and O–H groups in total. The number of ether oxygens (including phenoxy) is 1. The zero-order chi connectivity index (χ0) is 24.9. The lowest BCUT2D eigenvalue weighted by Gasteiger charge is -2.33. The highest BCUT2D eigenvalue weighted by atomic mass is 32.1. The molecule has 0 aliphatic carbocycles. The third kappa shape index (κ3) is 6.26. The summed E-state index contributed by atoms with van der Waals surface area (Å²) in [5, 5.41) is 4.88. The fourth-order valence-corrected chi connectivity index (χ4v) is 4.62. The van der Waals surface area contributed by atoms with Crippen molar-refractivity contribution >= 4 is 39.9 Å². The zero-order valence-electron chi connectivity index (χ0n) is 20.6. The van der Waals surface area contributed by atoms with E-state index in [9.17, 15) is 4.39 Å². The van der Waals surface area contributed by atoms with E-state index in [0.717, 1.165) is 47.9 Å². The van der Waals surface area contributed by atoms with Crippen LogP contribution in [0.1, 0.15) is 30.3 Å². The average Bonchev–Trinajstić information content (AvgIpc) is 3.44. The lowest BCUT2D eigenvalue weighted by Crippen LogP contribution is -2.47. The van der Waals surface area contributed by atoms with Gasteiger partial charge in [-0.3, -0.25) is 0 Å². The van der Waals surface area contributed by atoms with Gasteiger partial charge in [-0.15, -0.1) is 11.3 Å². The van der Waals surface area contributed by atoms with Crippen molar-refractivity contribution in [2.24, 2.45) is 9.98 Å². The average molecular weight is 498 g/mol. The topological polar surface area (TPSA) is 81.1 Å². The molecule has 0 unspecified atom stereocenters. The Hall–Kier alpha value is -3.24. The van der Waals surface area contributed by atoms with E-state index in [1.54, 1.807) is 17.4 Å². The van der Waals surface area contributed by atoms with Gasteiger partial charge < -0.3 is 24.8 Å². The first kappa shape index (κ1) is 24.9. The molecule has 186 valence electrons. The van der Waals surface area contributed by atoms with Crippen LogP contribution >= 0.6 is 11.3 Å². The number of hydrogen-bond acceptors (Lipinski definition) is 7. The first-order valence-electron chi connectivity index (χ1n) is 11.6. The fraction of sp³-hybridized carbons (Fsp3) is 0.400. The highest BCUT2D eigenvalue weighted by molar-refractivity contribution is 7.15. The summed E-state index contributed by atoms with van der Waals surface area (Å²) in [5.74, 6) is 1.40. The highest BCUT2D eigenvalue weighted by Crippen LogP contribution is 2.27. The van der Waals surface area contributed by atoms with Crippen molar-refractivity contribution in [3.05, 3.63) is 52.7 Å². The van der Waals surface area contributed by atoms with Gasteiger partial charge in [-0.05, 0) is 38.7 Å². The number of rotatable bonds is 8. The Morgan fingerprint density at radius 1 is 1.31 bits per heavy atom. The van der Waals surface area contributed by atoms with E-state index in [0.29, 0.717) is 17.6 Å². The van der Waals surface area contributed by atoms with Crippen LogP contribution in [0.25, 0.3) is 10.9 Å². The molecule has 0 radical (unpaired) electrons. The number of H-pyrrole nitrogens is 1. The van der Waals surface area contributed by atoms with Crippen molar-refractivity contribution in [1.82, 2.24) is 19.8 Å². The first-order chi connectivity index (χ1) is 16.8. The van der Waals surface area contributed by atoms with E-state index in [1.807, 2.05) is 25.3 Å². The molecule has 1 aliphatic rings. The third-order valence-electron chi connectivity index (χ3n) is 5.85. The number of piperazine rings is 1. The molecule has 0 spiro atoms. The summed E-state index contributed by atoms with van der Waals surface area (Å²) >= 11 is 1.59. The summed E-state index contributed by atoms with van der Waals surface area (Å²) in [5.41, 5.74) is 1.71. The molecule has 3 aromatic rings. The summed E-state index contributed by atoms with van der Waals surface area (Å²) in [4.78, 5) is 22.0. The molecule has 4 rings (SSSR count). The van der Waals surface area contributed by atoms with Crippen molar-refractivity contribution in [1.29, 1.82) is 0 Å². The van der Waals surface area contributed by atoms with Gasteiger partial charge in [0.05, 0.1) is 0 Å². The normalized spacial score (nSPS) is 15.8. The van der Waals surface area contributed by atoms with Crippen LogP contribution in [0.3, 0.4) is 0 Å². The summed E-state index contributed by atoms with van der Waals surface area (Å²) in [6, 6.07) is 5.11. The van der Waals surface area contributed by atoms with Crippen LogP contribution in [0.4, 0.5) is 9.52 Å². The van der Waals surface area contributed by atoms with Crippen LogP contribution in [0, 0.1) is 12.7 Å². The van der Waals surface area contributed by atoms with Gasteiger partial charge >= 0.3 is 0 Å². The second kappa shape index (κ2) is 11.0. The molecule has 1 saturated heterocycles. The van der Waals surface area contributed by atoms with Gasteiger partial charge in [-0.1, -0.05) is 13.8 Å². The molecule has 3 heterocycles. The number of aromatic amines is 1. The Labute approximate surface area is 209 Å². The Bertz CT molecular complexity index is 1240. The quantitative estimate of drug-likeness (QED) is 0.344. The molecule has 2 aromatic heterocycles. The van der Waals surface area contributed by atoms with Gasteiger partial charge in [0.25, 0.3) is 0 Å². The van der Waals surface area contributed by atoms with Crippen molar-refractivity contribution in [3.8, 4) is 5.75 Å². The van der Waals surface area contributed by atoms with Crippen LogP contribution in [0.5, 0.6) is 5.75 Å². The van der Waals surface area contributed by atoms with Gasteiger partial charge in [-0.25, -0.2) is 19.4 Å². The number of fused-ring (bicyclic) bond motifs is 1. The minimum atomic E-state index is -0.425. The Balaban J connectivity index is 1.54. The van der Waals surface area contributed by atoms with Gasteiger partial charge in [0.2, 0.25) is 0 Å². The van der Waals surface area contributed by atoms with Crippen molar-refractivity contribution in [2.45, 2.75) is 26.7 Å². The van der Waals surface area contributed by atoms with E-state index < -0.39 is 5.82 Å². The van der Waals surface area contributed by atoms with E-state index in [4.69, 9.17) is 4.74 Å². The number of aryl methyl sites for hydroxylation is 1. The van der Waals surface area contributed by atoms with Crippen LogP contribution in [0.2, 0.25) is 0 Å². The first-order valence-corrected chi connectivity index (χ1v) is 12.4. The highest BCUT2D eigenvalue weighted by Gasteiger charge is 2.18. The van der Waals surface area contributed by atoms with E-state index in [1.165, 1.54) is 10.9 Å². The predicted octanol–water partition coefficient (Wildman–Crippen LogP) is 4.83. The van der Waals surface area contributed by atoms with Crippen molar-refractivity contribution < 1.29 is 9.13 Å². The number of benzene rings is 1. The van der Waals surface area contributed by atoms with Crippen molar-refractivity contribution in [2.75, 3.05) is 45.3 Å². The fourth-order valence-electron chi connectivity index (χ4n) is 3.79. The number of halogens is 1. The molecule has 8 nitrogen and oxygen atoms in total. The Morgan fingerprint density at radius 3 is 2.77 bits per heavy atom. The number of aliphatic imine (C=N–C) groups is 2. The van der Waals surface area contributed by atoms with E-state index >= 15 is 0 Å². The van der Waals surface area contributed by atoms with Gasteiger partial charge in [0.1, 0.15) is 11.7 Å². The molecular weight excluding hydrogens is 465 g/mol. The molecule has 0 atom stereocenters. The molecule has 0 amide bonds. The minimum absolute atomic E-state index is 0.0246. The van der Waals surface area contributed by atoms with Crippen LogP contribution in [-0.4, -0.2) is 72.3 Å². The number of nitrogens with zero attached hydrogens (tertiary/aromatic N) is 5. The molecule has 1 aliphatic heterocycles. The number of thiazole rings is 1. The summed E-state index contributed by atoms with van der Waals surface area (Å²) in [7, 11) is 2.10. The van der Waals surface area contributed by atoms with E-state index in [-0.39, 0.29) is 12.5 Å². The SMILES string of the molecule is C=N/C(=C\C(=N/COc1cc2cc(C)[nH]c2cc1F)N1CCN(C)CC1)Nc1ncc(C(C)C)s1. The van der Waals surface area contributed by atoms with E-state index in [2.05, 4.69) is 62.7 Å². The lowest BCUT2D eigenvalue weighted by molar-refractivity contribution is 0.214. The summed E-state index contributed by atoms with van der Waals surface area (Å²) < 4.78 is 20.3. The molecular formula is C25H32FN7OS. The number of anilines is 1. The number of aromatic nitrogens is 2. The molecule has 10 heteroatoms. The third-order valence-corrected chi connectivity index (χ3v) is 7.06.